The average molecular weight is 473 g/mol. The fourth-order valence-electron chi connectivity index (χ4n) is 2.76. The number of carboxylic acids is 3. The second-order valence-electron chi connectivity index (χ2n) is 6.57. The summed E-state index contributed by atoms with van der Waals surface area (Å²) >= 11 is 6.23. The van der Waals surface area contributed by atoms with Gasteiger partial charge in [-0.2, -0.15) is 0 Å². The van der Waals surface area contributed by atoms with Gasteiger partial charge < -0.3 is 20.1 Å². The highest BCUT2D eigenvalue weighted by molar-refractivity contribution is 8.27. The van der Waals surface area contributed by atoms with Crippen LogP contribution in [0.15, 0.2) is 47.4 Å². The first-order valence-electron chi connectivity index (χ1n) is 8.96. The lowest BCUT2D eigenvalue weighted by Gasteiger charge is -2.16. The number of rotatable bonds is 7. The molecule has 32 heavy (non-hydrogen) atoms. The molecule has 1 fully saturated rings. The third-order valence-corrected chi connectivity index (χ3v) is 5.58. The van der Waals surface area contributed by atoms with Crippen molar-refractivity contribution in [2.45, 2.75) is 13.0 Å². The number of benzene rings is 2. The van der Waals surface area contributed by atoms with Crippen molar-refractivity contribution in [1.29, 1.82) is 0 Å². The number of amides is 1. The summed E-state index contributed by atoms with van der Waals surface area (Å²) in [6, 6.07) is 9.77. The molecule has 1 atom stereocenters. The van der Waals surface area contributed by atoms with Crippen LogP contribution in [-0.2, 0) is 9.59 Å². The summed E-state index contributed by atoms with van der Waals surface area (Å²) in [5, 5.41) is 27.5. The highest BCUT2D eigenvalue weighted by Crippen LogP contribution is 2.37. The Morgan fingerprint density at radius 2 is 1.69 bits per heavy atom. The summed E-state index contributed by atoms with van der Waals surface area (Å²) in [6.45, 7) is 1.39. The molecule has 11 heteroatoms. The summed E-state index contributed by atoms with van der Waals surface area (Å²) < 4.78 is 5.43. The van der Waals surface area contributed by atoms with Gasteiger partial charge in [0.05, 0.1) is 21.7 Å². The molecule has 0 aromatic heterocycles. The minimum Gasteiger partial charge on any atom is -0.479 e. The van der Waals surface area contributed by atoms with Gasteiger partial charge in [0.1, 0.15) is 5.75 Å². The van der Waals surface area contributed by atoms with Crippen LogP contribution in [0.25, 0.3) is 6.08 Å². The largest absolute Gasteiger partial charge is 0.479 e. The molecule has 1 aliphatic heterocycles. The van der Waals surface area contributed by atoms with E-state index in [9.17, 15) is 29.4 Å². The van der Waals surface area contributed by atoms with Gasteiger partial charge in [-0.25, -0.2) is 14.4 Å². The summed E-state index contributed by atoms with van der Waals surface area (Å²) in [5.74, 6) is -4.07. The maximum Gasteiger partial charge on any atom is 0.344 e. The zero-order valence-electron chi connectivity index (χ0n) is 16.3. The molecule has 0 bridgehead atoms. The number of ether oxygens (including phenoxy) is 1. The first kappa shape index (κ1) is 23.0. The Morgan fingerprint density at radius 1 is 1.06 bits per heavy atom. The van der Waals surface area contributed by atoms with Crippen LogP contribution in [0.4, 0.5) is 5.69 Å². The molecule has 1 amide bonds. The van der Waals surface area contributed by atoms with Crippen molar-refractivity contribution in [3.63, 3.8) is 0 Å². The summed E-state index contributed by atoms with van der Waals surface area (Å²) in [7, 11) is 0. The van der Waals surface area contributed by atoms with Gasteiger partial charge in [0.25, 0.3) is 5.91 Å². The van der Waals surface area contributed by atoms with Crippen molar-refractivity contribution in [2.75, 3.05) is 4.90 Å². The molecule has 0 saturated carbocycles. The molecule has 9 nitrogen and oxygen atoms in total. The molecule has 0 spiro atoms. The van der Waals surface area contributed by atoms with Crippen LogP contribution in [-0.4, -0.2) is 49.6 Å². The molecular weight excluding hydrogens is 458 g/mol. The number of hydrogen-bond donors (Lipinski definition) is 3. The highest BCUT2D eigenvalue weighted by atomic mass is 32.2. The maximum atomic E-state index is 13.0. The van der Waals surface area contributed by atoms with E-state index in [1.54, 1.807) is 24.3 Å². The zero-order valence-corrected chi connectivity index (χ0v) is 18.0. The van der Waals surface area contributed by atoms with E-state index in [2.05, 4.69) is 0 Å². The number of aromatic carboxylic acids is 2. The molecule has 3 rings (SSSR count). The topological polar surface area (TPSA) is 141 Å². The Kier molecular flexibility index (Phi) is 6.61. The summed E-state index contributed by atoms with van der Waals surface area (Å²) in [6.07, 6.45) is 0.463. The van der Waals surface area contributed by atoms with E-state index in [0.717, 1.165) is 22.7 Å². The molecule has 0 radical (unpaired) electrons. The van der Waals surface area contributed by atoms with Gasteiger partial charge in [0.15, 0.2) is 10.4 Å². The van der Waals surface area contributed by atoms with Crippen molar-refractivity contribution in [2.24, 2.45) is 0 Å². The minimum atomic E-state index is -1.34. The van der Waals surface area contributed by atoms with E-state index in [0.29, 0.717) is 11.3 Å². The number of carbonyl (C=O) groups is 4. The van der Waals surface area contributed by atoms with E-state index >= 15 is 0 Å². The first-order chi connectivity index (χ1) is 15.1. The van der Waals surface area contributed by atoms with Gasteiger partial charge >= 0.3 is 17.9 Å². The van der Waals surface area contributed by atoms with E-state index < -0.39 is 29.9 Å². The highest BCUT2D eigenvalue weighted by Gasteiger charge is 2.34. The van der Waals surface area contributed by atoms with Crippen LogP contribution >= 0.6 is 24.0 Å². The number of aliphatic carboxylic acids is 1. The Morgan fingerprint density at radius 3 is 2.25 bits per heavy atom. The number of carboxylic acid groups (broad SMARTS) is 3. The van der Waals surface area contributed by atoms with E-state index in [4.69, 9.17) is 22.1 Å². The van der Waals surface area contributed by atoms with Gasteiger partial charge in [-0.3, -0.25) is 9.69 Å². The first-order valence-corrected chi connectivity index (χ1v) is 10.2. The van der Waals surface area contributed by atoms with E-state index in [1.807, 2.05) is 0 Å². The zero-order chi connectivity index (χ0) is 23.6. The van der Waals surface area contributed by atoms with Gasteiger partial charge in [-0.1, -0.05) is 36.1 Å². The summed E-state index contributed by atoms with van der Waals surface area (Å²) in [5.41, 5.74) is -0.0164. The maximum absolute atomic E-state index is 13.0. The number of thioether (sulfide) groups is 1. The van der Waals surface area contributed by atoms with Crippen LogP contribution < -0.4 is 9.64 Å². The monoisotopic (exact) mass is 473 g/mol. The van der Waals surface area contributed by atoms with Crippen molar-refractivity contribution in [1.82, 2.24) is 0 Å². The third-order valence-electron chi connectivity index (χ3n) is 4.28. The second kappa shape index (κ2) is 9.20. The lowest BCUT2D eigenvalue weighted by molar-refractivity contribution is -0.144. The second-order valence-corrected chi connectivity index (χ2v) is 8.24. The quantitative estimate of drug-likeness (QED) is 0.405. The van der Waals surface area contributed by atoms with Crippen LogP contribution in [0, 0.1) is 0 Å². The minimum absolute atomic E-state index is 0.0283. The molecule has 1 unspecified atom stereocenters. The molecule has 3 N–H and O–H groups in total. The standard InChI is InChI=1S/C21H15NO8S2/c1-10(18(24)25)30-15-4-2-3-11(5-15)6-16-17(23)22(21(31)32-16)14-8-12(19(26)27)7-13(9-14)20(28)29/h2-10H,1H3,(H,24,25)(H,26,27)(H,28,29)/b16-6-. The Hall–Kier alpha value is -3.70. The molecule has 164 valence electrons. The predicted octanol–water partition coefficient (Wildman–Crippen LogP) is 3.34. The average Bonchev–Trinajstić information content (AvgIpc) is 3.00. The lowest BCUT2D eigenvalue weighted by atomic mass is 10.1. The number of hydrogen-bond acceptors (Lipinski definition) is 7. The number of nitrogens with zero attached hydrogens (tertiary/aromatic N) is 1. The van der Waals surface area contributed by atoms with Crippen molar-refractivity contribution in [3.8, 4) is 5.75 Å². The molecule has 2 aromatic rings. The van der Waals surface area contributed by atoms with Crippen LogP contribution in [0.2, 0.25) is 0 Å². The Labute approximate surface area is 190 Å². The third kappa shape index (κ3) is 4.95. The fourth-order valence-corrected chi connectivity index (χ4v) is 4.06. The van der Waals surface area contributed by atoms with E-state index in [1.165, 1.54) is 25.1 Å². The van der Waals surface area contributed by atoms with Crippen LogP contribution in [0.5, 0.6) is 5.75 Å². The Bertz CT molecular complexity index is 1160. The number of thiocarbonyl (C=S) groups is 1. The Balaban J connectivity index is 1.93. The normalized spacial score (nSPS) is 15.7. The fraction of sp³-hybridized carbons (Fsp3) is 0.0952. The van der Waals surface area contributed by atoms with Crippen molar-refractivity contribution in [3.05, 3.63) is 64.1 Å². The smallest absolute Gasteiger partial charge is 0.344 e. The van der Waals surface area contributed by atoms with Gasteiger partial charge in [0.2, 0.25) is 0 Å². The summed E-state index contributed by atoms with van der Waals surface area (Å²) in [4.78, 5) is 48.0. The number of carbonyl (C=O) groups excluding carboxylic acids is 1. The molecule has 1 saturated heterocycles. The van der Waals surface area contributed by atoms with Gasteiger partial charge in [-0.05, 0) is 48.9 Å². The van der Waals surface area contributed by atoms with Gasteiger partial charge in [-0.15, -0.1) is 0 Å². The molecule has 2 aromatic carbocycles. The molecule has 1 heterocycles. The van der Waals surface area contributed by atoms with Crippen molar-refractivity contribution < 1.29 is 39.2 Å². The number of anilines is 1. The van der Waals surface area contributed by atoms with E-state index in [-0.39, 0.29) is 26.0 Å². The van der Waals surface area contributed by atoms with Gasteiger partial charge in [0, 0.05) is 0 Å². The SMILES string of the molecule is CC(Oc1cccc(/C=C2\SC(=S)N(c3cc(C(=O)O)cc(C(=O)O)c3)C2=O)c1)C(=O)O. The predicted molar refractivity (Wildman–Crippen MR) is 120 cm³/mol. The van der Waals surface area contributed by atoms with Crippen molar-refractivity contribution >= 4 is 63.9 Å². The molecule has 0 aliphatic carbocycles. The molecular formula is C21H15NO8S2. The van der Waals surface area contributed by atoms with Crippen LogP contribution in [0.3, 0.4) is 0 Å². The van der Waals surface area contributed by atoms with Crippen LogP contribution in [0.1, 0.15) is 33.2 Å². The lowest BCUT2D eigenvalue weighted by Crippen LogP contribution is -2.28. The molecule has 1 aliphatic rings.